The quantitative estimate of drug-likeness (QED) is 0.720. The normalized spacial score (nSPS) is 16.5. The first-order chi connectivity index (χ1) is 13.0. The fraction of sp³-hybridized carbons (Fsp3) is 0.273. The summed E-state index contributed by atoms with van der Waals surface area (Å²) in [5.41, 5.74) is 2.52. The zero-order chi connectivity index (χ0) is 19.0. The van der Waals surface area contributed by atoms with Crippen molar-refractivity contribution in [1.29, 1.82) is 0 Å². The second kappa shape index (κ2) is 6.95. The highest BCUT2D eigenvalue weighted by Gasteiger charge is 2.35. The van der Waals surface area contributed by atoms with Gasteiger partial charge in [-0.25, -0.2) is 0 Å². The van der Waals surface area contributed by atoms with Gasteiger partial charge in [0.25, 0.3) is 5.91 Å². The summed E-state index contributed by atoms with van der Waals surface area (Å²) in [6.45, 7) is 3.03. The van der Waals surface area contributed by atoms with Gasteiger partial charge in [0, 0.05) is 29.7 Å². The molecule has 1 aromatic heterocycles. The van der Waals surface area contributed by atoms with Gasteiger partial charge in [-0.15, -0.1) is 0 Å². The molecule has 4 rings (SSSR count). The Bertz CT molecular complexity index is 1010. The highest BCUT2D eigenvalue weighted by molar-refractivity contribution is 6.31. The van der Waals surface area contributed by atoms with E-state index in [1.807, 2.05) is 37.3 Å². The topological polar surface area (TPSA) is 53.4 Å². The van der Waals surface area contributed by atoms with E-state index < -0.39 is 5.60 Å². The number of aryl methyl sites for hydroxylation is 1. The van der Waals surface area contributed by atoms with E-state index in [1.165, 1.54) is 0 Å². The van der Waals surface area contributed by atoms with Crippen LogP contribution in [0.1, 0.15) is 34.3 Å². The Morgan fingerprint density at radius 3 is 2.67 bits per heavy atom. The second-order valence-electron chi connectivity index (χ2n) is 7.21. The minimum Gasteiger partial charge on any atom is -0.385 e. The van der Waals surface area contributed by atoms with Crippen LogP contribution in [0.2, 0.25) is 5.02 Å². The van der Waals surface area contributed by atoms with Crippen LogP contribution in [0.15, 0.2) is 54.7 Å². The van der Waals surface area contributed by atoms with Gasteiger partial charge < -0.3 is 10.0 Å². The Labute approximate surface area is 163 Å². The maximum atomic E-state index is 13.1. The third-order valence-corrected chi connectivity index (χ3v) is 5.60. The molecule has 0 radical (unpaired) electrons. The fourth-order valence-electron chi connectivity index (χ4n) is 3.78. The molecule has 138 valence electrons. The van der Waals surface area contributed by atoms with Gasteiger partial charge in [0.05, 0.1) is 16.7 Å². The molecule has 0 atom stereocenters. The first kappa shape index (κ1) is 18.0. The summed E-state index contributed by atoms with van der Waals surface area (Å²) >= 11 is 6.11. The zero-order valence-electron chi connectivity index (χ0n) is 15.2. The Hall–Kier alpha value is -2.43. The van der Waals surface area contributed by atoms with E-state index >= 15 is 0 Å². The maximum Gasteiger partial charge on any atom is 0.254 e. The predicted octanol–water partition coefficient (Wildman–Crippen LogP) is 4.32. The molecule has 1 N–H and O–H groups in total. The van der Waals surface area contributed by atoms with Crippen molar-refractivity contribution in [3.05, 3.63) is 76.4 Å². The zero-order valence-corrected chi connectivity index (χ0v) is 15.9. The standard InChI is InChI=1S/C22H21ClN2O2/c1-15-3-2-4-16(13-15)22(27)8-11-25(12-9-22)21(26)18-7-10-24-20-6-5-17(23)14-19(18)20/h2-7,10,13-14,27H,8-9,11-12H2,1H3. The Morgan fingerprint density at radius 2 is 1.93 bits per heavy atom. The van der Waals surface area contributed by atoms with Gasteiger partial charge in [-0.1, -0.05) is 41.4 Å². The van der Waals surface area contributed by atoms with Gasteiger partial charge >= 0.3 is 0 Å². The predicted molar refractivity (Wildman–Crippen MR) is 107 cm³/mol. The van der Waals surface area contributed by atoms with E-state index in [2.05, 4.69) is 4.98 Å². The average Bonchev–Trinajstić information content (AvgIpc) is 2.67. The Kier molecular flexibility index (Phi) is 4.62. The minimum absolute atomic E-state index is 0.0454. The van der Waals surface area contributed by atoms with Gasteiger partial charge in [-0.2, -0.15) is 0 Å². The number of carbonyl (C=O) groups is 1. The van der Waals surface area contributed by atoms with E-state index in [1.54, 1.807) is 29.3 Å². The van der Waals surface area contributed by atoms with Crippen LogP contribution in [-0.2, 0) is 5.60 Å². The van der Waals surface area contributed by atoms with E-state index in [0.717, 1.165) is 22.0 Å². The molecule has 4 nitrogen and oxygen atoms in total. The Morgan fingerprint density at radius 1 is 1.15 bits per heavy atom. The third-order valence-electron chi connectivity index (χ3n) is 5.37. The van der Waals surface area contributed by atoms with Crippen molar-refractivity contribution in [3.63, 3.8) is 0 Å². The summed E-state index contributed by atoms with van der Waals surface area (Å²) in [4.78, 5) is 19.2. The molecule has 2 aromatic carbocycles. The van der Waals surface area contributed by atoms with Gasteiger partial charge in [0.15, 0.2) is 0 Å². The number of likely N-dealkylation sites (tertiary alicyclic amines) is 1. The van der Waals surface area contributed by atoms with Crippen LogP contribution in [0.5, 0.6) is 0 Å². The molecular weight excluding hydrogens is 360 g/mol. The summed E-state index contributed by atoms with van der Waals surface area (Å²) < 4.78 is 0. The lowest BCUT2D eigenvalue weighted by molar-refractivity contribution is -0.0211. The summed E-state index contributed by atoms with van der Waals surface area (Å²) in [5.74, 6) is -0.0454. The van der Waals surface area contributed by atoms with E-state index in [9.17, 15) is 9.90 Å². The second-order valence-corrected chi connectivity index (χ2v) is 7.65. The lowest BCUT2D eigenvalue weighted by atomic mass is 9.83. The highest BCUT2D eigenvalue weighted by atomic mass is 35.5. The van der Waals surface area contributed by atoms with Crippen molar-refractivity contribution in [1.82, 2.24) is 9.88 Å². The van der Waals surface area contributed by atoms with Crippen LogP contribution < -0.4 is 0 Å². The van der Waals surface area contributed by atoms with Crippen molar-refractivity contribution in [2.24, 2.45) is 0 Å². The number of hydrogen-bond acceptors (Lipinski definition) is 3. The molecule has 1 aliphatic heterocycles. The summed E-state index contributed by atoms with van der Waals surface area (Å²) in [5, 5.41) is 12.4. The number of fused-ring (bicyclic) bond motifs is 1. The first-order valence-corrected chi connectivity index (χ1v) is 9.47. The van der Waals surface area contributed by atoms with Crippen molar-refractivity contribution in [2.45, 2.75) is 25.4 Å². The number of halogens is 1. The first-order valence-electron chi connectivity index (χ1n) is 9.09. The smallest absolute Gasteiger partial charge is 0.254 e. The average molecular weight is 381 g/mol. The molecule has 2 heterocycles. The molecule has 0 spiro atoms. The third kappa shape index (κ3) is 3.43. The van der Waals surface area contributed by atoms with E-state index in [0.29, 0.717) is 36.5 Å². The molecule has 1 aliphatic rings. The molecule has 0 aliphatic carbocycles. The molecule has 1 amide bonds. The van der Waals surface area contributed by atoms with E-state index in [4.69, 9.17) is 11.6 Å². The number of rotatable bonds is 2. The number of nitrogens with zero attached hydrogens (tertiary/aromatic N) is 2. The van der Waals surface area contributed by atoms with E-state index in [-0.39, 0.29) is 5.91 Å². The van der Waals surface area contributed by atoms with Crippen molar-refractivity contribution in [2.75, 3.05) is 13.1 Å². The molecule has 5 heteroatoms. The van der Waals surface area contributed by atoms with Crippen LogP contribution in [0.25, 0.3) is 10.9 Å². The van der Waals surface area contributed by atoms with Crippen LogP contribution in [0.4, 0.5) is 0 Å². The molecule has 1 fully saturated rings. The minimum atomic E-state index is -0.883. The molecule has 0 bridgehead atoms. The highest BCUT2D eigenvalue weighted by Crippen LogP contribution is 2.34. The molecule has 3 aromatic rings. The van der Waals surface area contributed by atoms with Crippen LogP contribution in [0, 0.1) is 6.92 Å². The molecule has 0 unspecified atom stereocenters. The maximum absolute atomic E-state index is 13.1. The lowest BCUT2D eigenvalue weighted by Gasteiger charge is -2.38. The molecular formula is C22H21ClN2O2. The SMILES string of the molecule is Cc1cccc(C2(O)CCN(C(=O)c3ccnc4ccc(Cl)cc34)CC2)c1. The number of pyridine rings is 1. The number of aromatic nitrogens is 1. The summed E-state index contributed by atoms with van der Waals surface area (Å²) in [6, 6.07) is 15.1. The van der Waals surface area contributed by atoms with Crippen molar-refractivity contribution in [3.8, 4) is 0 Å². The van der Waals surface area contributed by atoms with Crippen LogP contribution in [0.3, 0.4) is 0 Å². The Balaban J connectivity index is 1.57. The largest absolute Gasteiger partial charge is 0.385 e. The van der Waals surface area contributed by atoms with Crippen LogP contribution in [-0.4, -0.2) is 34.0 Å². The molecule has 0 saturated carbocycles. The van der Waals surface area contributed by atoms with Gasteiger partial charge in [0.1, 0.15) is 0 Å². The number of benzene rings is 2. The number of hydrogen-bond donors (Lipinski definition) is 1. The number of aliphatic hydroxyl groups is 1. The lowest BCUT2D eigenvalue weighted by Crippen LogP contribution is -2.45. The number of carbonyl (C=O) groups excluding carboxylic acids is 1. The monoisotopic (exact) mass is 380 g/mol. The number of piperidine rings is 1. The van der Waals surface area contributed by atoms with Crippen molar-refractivity contribution >= 4 is 28.4 Å². The van der Waals surface area contributed by atoms with Gasteiger partial charge in [-0.05, 0) is 49.6 Å². The molecule has 1 saturated heterocycles. The van der Waals surface area contributed by atoms with Crippen molar-refractivity contribution < 1.29 is 9.90 Å². The van der Waals surface area contributed by atoms with Gasteiger partial charge in [0.2, 0.25) is 0 Å². The summed E-state index contributed by atoms with van der Waals surface area (Å²) in [6.07, 6.45) is 2.69. The summed E-state index contributed by atoms with van der Waals surface area (Å²) in [7, 11) is 0. The number of amides is 1. The van der Waals surface area contributed by atoms with Gasteiger partial charge in [-0.3, -0.25) is 9.78 Å². The van der Waals surface area contributed by atoms with Crippen LogP contribution >= 0.6 is 11.6 Å². The molecule has 27 heavy (non-hydrogen) atoms. The fourth-order valence-corrected chi connectivity index (χ4v) is 3.95.